The average Bonchev–Trinajstić information content (AvgIpc) is 3.28. The Morgan fingerprint density at radius 3 is 2.45 bits per heavy atom. The number of carbonyl (C=O) groups is 1. The van der Waals surface area contributed by atoms with Crippen LogP contribution in [0, 0.1) is 0 Å². The molecule has 4 nitrogen and oxygen atoms in total. The fourth-order valence-electron chi connectivity index (χ4n) is 4.02. The average molecular weight is 478 g/mol. The van der Waals surface area contributed by atoms with Crippen LogP contribution in [-0.2, 0) is 6.54 Å². The highest BCUT2D eigenvalue weighted by Gasteiger charge is 2.26. The Labute approximate surface area is 200 Å². The molecule has 2 N–H and O–H groups in total. The van der Waals surface area contributed by atoms with E-state index in [9.17, 15) is 4.79 Å². The largest absolute Gasteiger partial charge is 0.339 e. The number of likely N-dealkylation sites (tertiary alicyclic amines) is 1. The Morgan fingerprint density at radius 1 is 1.10 bits per heavy atom. The van der Waals surface area contributed by atoms with Crippen LogP contribution in [0.2, 0.25) is 0 Å². The lowest BCUT2D eigenvalue weighted by atomic mass is 9.93. The summed E-state index contributed by atoms with van der Waals surface area (Å²) in [4.78, 5) is 22.0. The zero-order valence-electron chi connectivity index (χ0n) is 17.6. The molecular formula is C24H29Cl2N3OS. The van der Waals surface area contributed by atoms with Gasteiger partial charge in [-0.25, -0.2) is 0 Å². The molecule has 0 saturated carbocycles. The van der Waals surface area contributed by atoms with E-state index in [0.717, 1.165) is 31.5 Å². The van der Waals surface area contributed by atoms with E-state index in [1.165, 1.54) is 15.3 Å². The summed E-state index contributed by atoms with van der Waals surface area (Å²) >= 11 is 1.81. The lowest BCUT2D eigenvalue weighted by molar-refractivity contribution is 0.0713. The first-order valence-corrected chi connectivity index (χ1v) is 11.0. The third-order valence-electron chi connectivity index (χ3n) is 5.87. The Bertz CT molecular complexity index is 972. The minimum Gasteiger partial charge on any atom is -0.339 e. The molecule has 3 heterocycles. The second-order valence-electron chi connectivity index (χ2n) is 7.71. The topological polar surface area (TPSA) is 59.2 Å². The van der Waals surface area contributed by atoms with E-state index in [1.54, 1.807) is 6.20 Å². The Hall–Kier alpha value is -1.92. The molecule has 3 aromatic rings. The van der Waals surface area contributed by atoms with E-state index in [-0.39, 0.29) is 36.6 Å². The smallest absolute Gasteiger partial charge is 0.255 e. The van der Waals surface area contributed by atoms with Gasteiger partial charge in [0.25, 0.3) is 5.91 Å². The van der Waals surface area contributed by atoms with E-state index in [1.807, 2.05) is 46.7 Å². The fraction of sp³-hybridized carbons (Fsp3) is 0.333. The first-order valence-electron chi connectivity index (χ1n) is 10.2. The van der Waals surface area contributed by atoms with Crippen molar-refractivity contribution in [1.82, 2.24) is 9.88 Å². The van der Waals surface area contributed by atoms with E-state index in [2.05, 4.69) is 36.2 Å². The van der Waals surface area contributed by atoms with Gasteiger partial charge in [0.15, 0.2) is 0 Å². The summed E-state index contributed by atoms with van der Waals surface area (Å²) < 4.78 is 0. The first kappa shape index (κ1) is 25.3. The van der Waals surface area contributed by atoms with Crippen molar-refractivity contribution in [3.63, 3.8) is 0 Å². The van der Waals surface area contributed by atoms with E-state index in [0.29, 0.717) is 18.0 Å². The molecule has 7 heteroatoms. The van der Waals surface area contributed by atoms with Crippen molar-refractivity contribution in [2.45, 2.75) is 38.1 Å². The van der Waals surface area contributed by atoms with Gasteiger partial charge in [0.1, 0.15) is 0 Å². The molecule has 1 fully saturated rings. The molecule has 31 heavy (non-hydrogen) atoms. The number of hydrogen-bond donors (Lipinski definition) is 1. The summed E-state index contributed by atoms with van der Waals surface area (Å²) in [6.45, 7) is 4.34. The Balaban J connectivity index is 0.00000171. The number of amides is 1. The van der Waals surface area contributed by atoms with Crippen molar-refractivity contribution in [2.75, 3.05) is 13.1 Å². The molecule has 166 valence electrons. The number of piperidine rings is 1. The lowest BCUT2D eigenvalue weighted by Crippen LogP contribution is -2.37. The summed E-state index contributed by atoms with van der Waals surface area (Å²) in [6, 6.07) is 16.7. The Kier molecular flexibility index (Phi) is 9.51. The zero-order valence-corrected chi connectivity index (χ0v) is 20.0. The van der Waals surface area contributed by atoms with Gasteiger partial charge >= 0.3 is 0 Å². The number of thiophene rings is 1. The summed E-state index contributed by atoms with van der Waals surface area (Å²) in [7, 11) is 0. The van der Waals surface area contributed by atoms with Crippen LogP contribution < -0.4 is 5.73 Å². The van der Waals surface area contributed by atoms with Crippen LogP contribution in [0.1, 0.15) is 62.8 Å². The Morgan fingerprint density at radius 2 is 1.81 bits per heavy atom. The third-order valence-corrected chi connectivity index (χ3v) is 7.14. The monoisotopic (exact) mass is 477 g/mol. The molecule has 0 radical (unpaired) electrons. The fourth-order valence-corrected chi connectivity index (χ4v) is 5.08. The lowest BCUT2D eigenvalue weighted by Gasteiger charge is -2.31. The number of nitrogens with zero attached hydrogens (tertiary/aromatic N) is 2. The quantitative estimate of drug-likeness (QED) is 0.518. The molecule has 1 aliphatic heterocycles. The van der Waals surface area contributed by atoms with E-state index >= 15 is 0 Å². The third kappa shape index (κ3) is 5.86. The van der Waals surface area contributed by atoms with Gasteiger partial charge in [0.05, 0.1) is 5.56 Å². The summed E-state index contributed by atoms with van der Waals surface area (Å²) in [5.41, 5.74) is 8.73. The maximum atomic E-state index is 13.1. The number of carbonyl (C=O) groups excluding carboxylic acids is 1. The predicted octanol–water partition coefficient (Wildman–Crippen LogP) is 5.62. The molecular weight excluding hydrogens is 449 g/mol. The van der Waals surface area contributed by atoms with Crippen LogP contribution in [0.4, 0.5) is 0 Å². The number of aromatic nitrogens is 1. The highest BCUT2D eigenvalue weighted by molar-refractivity contribution is 7.12. The SMILES string of the molecule is CC(c1ccccc1)c1cncc(C(=O)N2CCC(c3ccc(CN)s3)CC2)c1.Cl.Cl. The highest BCUT2D eigenvalue weighted by atomic mass is 35.5. The number of pyridine rings is 1. The molecule has 0 bridgehead atoms. The molecule has 4 rings (SSSR count). The van der Waals surface area contributed by atoms with Crippen LogP contribution >= 0.6 is 36.2 Å². The maximum Gasteiger partial charge on any atom is 0.255 e. The second-order valence-corrected chi connectivity index (χ2v) is 8.91. The van der Waals surface area contributed by atoms with Gasteiger partial charge in [-0.15, -0.1) is 36.2 Å². The van der Waals surface area contributed by atoms with Crippen molar-refractivity contribution in [3.05, 3.63) is 87.4 Å². The standard InChI is InChI=1S/C24H27N3OS.2ClH/c1-17(18-5-3-2-4-6-18)20-13-21(16-26-15-20)24(28)27-11-9-19(10-12-27)23-8-7-22(14-25)29-23;;/h2-8,13,15-17,19H,9-12,14,25H2,1H3;2*1H. The number of rotatable bonds is 5. The second kappa shape index (κ2) is 11.6. The molecule has 0 spiro atoms. The van der Waals surface area contributed by atoms with Crippen LogP contribution in [0.15, 0.2) is 60.9 Å². The maximum absolute atomic E-state index is 13.1. The molecule has 1 atom stereocenters. The van der Waals surface area contributed by atoms with Crippen LogP contribution in [0.25, 0.3) is 0 Å². The number of benzene rings is 1. The van der Waals surface area contributed by atoms with Crippen molar-refractivity contribution < 1.29 is 4.79 Å². The van der Waals surface area contributed by atoms with Crippen LogP contribution in [0.3, 0.4) is 0 Å². The van der Waals surface area contributed by atoms with Crippen molar-refractivity contribution >= 4 is 42.1 Å². The summed E-state index contributed by atoms with van der Waals surface area (Å²) in [5, 5.41) is 0. The van der Waals surface area contributed by atoms with Crippen molar-refractivity contribution in [3.8, 4) is 0 Å². The van der Waals surface area contributed by atoms with Gasteiger partial charge in [0, 0.05) is 47.7 Å². The summed E-state index contributed by atoms with van der Waals surface area (Å²) in [5.74, 6) is 0.830. The van der Waals surface area contributed by atoms with Gasteiger partial charge in [-0.1, -0.05) is 37.3 Å². The van der Waals surface area contributed by atoms with Gasteiger partial charge in [-0.2, -0.15) is 0 Å². The molecule has 0 aliphatic carbocycles. The molecule has 1 amide bonds. The molecule has 1 aliphatic rings. The number of halogens is 2. The van der Waals surface area contributed by atoms with Crippen LogP contribution in [-0.4, -0.2) is 28.9 Å². The molecule has 1 unspecified atom stereocenters. The minimum atomic E-state index is 0. The molecule has 2 aromatic heterocycles. The van der Waals surface area contributed by atoms with Crippen LogP contribution in [0.5, 0.6) is 0 Å². The van der Waals surface area contributed by atoms with Crippen molar-refractivity contribution in [1.29, 1.82) is 0 Å². The van der Waals surface area contributed by atoms with Gasteiger partial charge in [-0.05, 0) is 48.1 Å². The van der Waals surface area contributed by atoms with Gasteiger partial charge < -0.3 is 10.6 Å². The van der Waals surface area contributed by atoms with E-state index in [4.69, 9.17) is 5.73 Å². The summed E-state index contributed by atoms with van der Waals surface area (Å²) in [6.07, 6.45) is 5.57. The van der Waals surface area contributed by atoms with E-state index < -0.39 is 0 Å². The van der Waals surface area contributed by atoms with Gasteiger partial charge in [-0.3, -0.25) is 9.78 Å². The number of nitrogens with two attached hydrogens (primary N) is 1. The minimum absolute atomic E-state index is 0. The zero-order chi connectivity index (χ0) is 20.2. The molecule has 1 aromatic carbocycles. The van der Waals surface area contributed by atoms with Gasteiger partial charge in [0.2, 0.25) is 0 Å². The highest BCUT2D eigenvalue weighted by Crippen LogP contribution is 2.33. The normalized spacial score (nSPS) is 15.0. The predicted molar refractivity (Wildman–Crippen MR) is 133 cm³/mol. The first-order chi connectivity index (χ1) is 14.2. The molecule has 1 saturated heterocycles. The number of hydrogen-bond acceptors (Lipinski definition) is 4. The van der Waals surface area contributed by atoms with Crippen molar-refractivity contribution in [2.24, 2.45) is 5.73 Å².